The predicted molar refractivity (Wildman–Crippen MR) is 97.3 cm³/mol. The lowest BCUT2D eigenvalue weighted by atomic mass is 10.1. The van der Waals surface area contributed by atoms with Gasteiger partial charge in [0.1, 0.15) is 5.75 Å². The zero-order chi connectivity index (χ0) is 21.2. The summed E-state index contributed by atoms with van der Waals surface area (Å²) in [4.78, 5) is 14.2. The van der Waals surface area contributed by atoms with Gasteiger partial charge in [0.2, 0.25) is 5.91 Å². The third kappa shape index (κ3) is 4.20. The Bertz CT molecular complexity index is 847. The second-order valence-electron chi connectivity index (χ2n) is 5.89. The van der Waals surface area contributed by atoms with Gasteiger partial charge in [0.25, 0.3) is 0 Å². The van der Waals surface area contributed by atoms with Crippen molar-refractivity contribution in [1.82, 2.24) is 4.90 Å². The monoisotopic (exact) mass is 343 g/mol. The van der Waals surface area contributed by atoms with Crippen LogP contribution in [-0.4, -0.2) is 31.0 Å². The number of nitrogens with zero attached hydrogens (tertiary/aromatic N) is 1. The van der Waals surface area contributed by atoms with Gasteiger partial charge in [0, 0.05) is 12.0 Å². The average molecular weight is 343 g/mol. The van der Waals surface area contributed by atoms with Crippen LogP contribution in [0.4, 0.5) is 0 Å². The molecule has 0 radical (unpaired) electrons. The highest BCUT2D eigenvalue weighted by molar-refractivity contribution is 5.81. The van der Waals surface area contributed by atoms with Crippen LogP contribution in [0.2, 0.25) is 0 Å². The predicted octanol–water partition coefficient (Wildman–Crippen LogP) is 3.82. The smallest absolute Gasteiger partial charge is 0.228 e. The molecule has 2 aromatic carbocycles. The van der Waals surface area contributed by atoms with E-state index in [2.05, 4.69) is 0 Å². The molecule has 0 spiro atoms. The number of rotatable bonds is 7. The van der Waals surface area contributed by atoms with Crippen LogP contribution < -0.4 is 4.74 Å². The van der Waals surface area contributed by atoms with Crippen molar-refractivity contribution in [3.05, 3.63) is 65.7 Å². The topological polar surface area (TPSA) is 38.8 Å². The maximum absolute atomic E-state index is 13.1. The van der Waals surface area contributed by atoms with E-state index in [4.69, 9.17) is 15.0 Å². The first-order valence-corrected chi connectivity index (χ1v) is 8.23. The highest BCUT2D eigenvalue weighted by atomic mass is 16.5. The fourth-order valence-corrected chi connectivity index (χ4v) is 2.70. The van der Waals surface area contributed by atoms with Crippen LogP contribution in [0.15, 0.2) is 54.6 Å². The van der Waals surface area contributed by atoms with Gasteiger partial charge in [-0.05, 0) is 36.6 Å². The largest absolute Gasteiger partial charge is 0.497 e. The second kappa shape index (κ2) is 8.17. The Morgan fingerprint density at radius 2 is 1.96 bits per heavy atom. The van der Waals surface area contributed by atoms with E-state index >= 15 is 0 Å². The molecule has 0 N–H and O–H groups in total. The number of benzene rings is 2. The summed E-state index contributed by atoms with van der Waals surface area (Å²) in [6.45, 7) is -0.0328. The molecule has 1 amide bonds. The van der Waals surface area contributed by atoms with E-state index in [1.807, 2.05) is 30.3 Å². The number of amides is 1. The van der Waals surface area contributed by atoms with E-state index in [1.54, 1.807) is 38.3 Å². The van der Waals surface area contributed by atoms with Crippen LogP contribution in [0.3, 0.4) is 0 Å². The normalized spacial score (nSPS) is 28.6. The van der Waals surface area contributed by atoms with Crippen molar-refractivity contribution in [1.29, 1.82) is 0 Å². The van der Waals surface area contributed by atoms with Crippen molar-refractivity contribution in [3.63, 3.8) is 0 Å². The molecule has 3 rings (SSSR count). The molecule has 1 heterocycles. The van der Waals surface area contributed by atoms with Crippen LogP contribution in [0, 0.1) is 5.89 Å². The fraction of sp³-hybridized carbons (Fsp3) is 0.381. The lowest BCUT2D eigenvalue weighted by molar-refractivity contribution is -0.134. The zero-order valence-corrected chi connectivity index (χ0v) is 14.4. The van der Waals surface area contributed by atoms with Crippen LogP contribution in [-0.2, 0) is 16.1 Å². The minimum Gasteiger partial charge on any atom is -0.497 e. The molecule has 0 aromatic heterocycles. The lowest BCUT2D eigenvalue weighted by Crippen LogP contribution is -2.31. The SMILES string of the molecule is [2H]C1N(C(C)c2ccc(OC)cc2)C(=O)C([2H])(COCc2ccccc2)C1([2H])[2H]. The summed E-state index contributed by atoms with van der Waals surface area (Å²) in [5.41, 5.74) is 1.61. The first-order valence-electron chi connectivity index (χ1n) is 10.3. The highest BCUT2D eigenvalue weighted by Gasteiger charge is 2.34. The first-order chi connectivity index (χ1) is 13.7. The van der Waals surface area contributed by atoms with Gasteiger partial charge in [-0.1, -0.05) is 42.5 Å². The number of carbonyl (C=O) groups excluding carboxylic acids is 1. The Morgan fingerprint density at radius 3 is 2.64 bits per heavy atom. The molecule has 25 heavy (non-hydrogen) atoms. The summed E-state index contributed by atoms with van der Waals surface area (Å²) in [6.07, 6.45) is -2.39. The van der Waals surface area contributed by atoms with Crippen LogP contribution >= 0.6 is 0 Å². The summed E-state index contributed by atoms with van der Waals surface area (Å²) >= 11 is 0. The van der Waals surface area contributed by atoms with Crippen LogP contribution in [0.25, 0.3) is 0 Å². The Labute approximate surface area is 155 Å². The number of likely N-dealkylation sites (tertiary alicyclic amines) is 1. The Balaban J connectivity index is 1.79. The molecule has 0 saturated carbocycles. The van der Waals surface area contributed by atoms with E-state index < -0.39 is 37.3 Å². The number of methoxy groups -OCH3 is 1. The van der Waals surface area contributed by atoms with E-state index in [1.165, 1.54) is 0 Å². The molecule has 3 atom stereocenters. The van der Waals surface area contributed by atoms with Crippen molar-refractivity contribution in [2.75, 3.05) is 20.2 Å². The van der Waals surface area contributed by atoms with E-state index in [-0.39, 0.29) is 6.61 Å². The molecule has 2 aromatic rings. The minimum atomic E-state index is -2.39. The van der Waals surface area contributed by atoms with Gasteiger partial charge in [-0.25, -0.2) is 0 Å². The minimum absolute atomic E-state index is 0.168. The standard InChI is InChI=1S/C21H25NO3/c1-16(18-8-10-20(24-2)11-9-18)22-13-12-19(21(22)23)15-25-14-17-6-4-3-5-7-17/h3-11,16,19H,12-15H2,1-2H3/i12D2,13D,19D. The van der Waals surface area contributed by atoms with Crippen molar-refractivity contribution in [3.8, 4) is 5.75 Å². The Morgan fingerprint density at radius 1 is 1.24 bits per heavy atom. The maximum atomic E-state index is 13.1. The van der Waals surface area contributed by atoms with Gasteiger partial charge in [-0.3, -0.25) is 4.79 Å². The van der Waals surface area contributed by atoms with E-state index in [9.17, 15) is 4.79 Å². The third-order valence-corrected chi connectivity index (χ3v) is 4.24. The van der Waals surface area contributed by atoms with Crippen LogP contribution in [0.5, 0.6) is 5.75 Å². The zero-order valence-electron chi connectivity index (χ0n) is 18.4. The molecule has 4 heteroatoms. The van der Waals surface area contributed by atoms with E-state index in [0.717, 1.165) is 16.0 Å². The number of ether oxygens (including phenoxy) is 2. The summed E-state index contributed by atoms with van der Waals surface area (Å²) in [5.74, 6) is -2.26. The molecule has 1 saturated heterocycles. The summed E-state index contributed by atoms with van der Waals surface area (Å²) in [7, 11) is 1.56. The van der Waals surface area contributed by atoms with Gasteiger partial charge in [0.15, 0.2) is 0 Å². The van der Waals surface area contributed by atoms with Gasteiger partial charge < -0.3 is 14.4 Å². The third-order valence-electron chi connectivity index (χ3n) is 4.24. The Kier molecular flexibility index (Phi) is 4.23. The number of hydrogen-bond donors (Lipinski definition) is 0. The van der Waals surface area contributed by atoms with Crippen molar-refractivity contribution >= 4 is 5.91 Å². The first kappa shape index (κ1) is 13.0. The number of hydrogen-bond acceptors (Lipinski definition) is 3. The molecule has 0 bridgehead atoms. The second-order valence-corrected chi connectivity index (χ2v) is 5.89. The molecule has 1 fully saturated rings. The summed E-state index contributed by atoms with van der Waals surface area (Å²) in [6, 6.07) is 15.8. The fourth-order valence-electron chi connectivity index (χ4n) is 2.70. The van der Waals surface area contributed by atoms with Crippen LogP contribution in [0.1, 0.15) is 35.9 Å². The molecule has 132 valence electrons. The molecule has 1 aliphatic heterocycles. The van der Waals surface area contributed by atoms with Gasteiger partial charge >= 0.3 is 0 Å². The quantitative estimate of drug-likeness (QED) is 0.767. The molecular weight excluding hydrogens is 314 g/mol. The molecule has 0 aliphatic carbocycles. The Hall–Kier alpha value is -2.33. The molecular formula is C21H25NO3. The number of carbonyl (C=O) groups is 1. The summed E-state index contributed by atoms with van der Waals surface area (Å²) < 4.78 is 44.3. The average Bonchev–Trinajstić information content (AvgIpc) is 2.86. The van der Waals surface area contributed by atoms with E-state index in [0.29, 0.717) is 5.75 Å². The summed E-state index contributed by atoms with van der Waals surface area (Å²) in [5, 5.41) is 0. The molecule has 1 aliphatic rings. The molecule has 3 unspecified atom stereocenters. The van der Waals surface area contributed by atoms with Gasteiger partial charge in [-0.15, -0.1) is 0 Å². The lowest BCUT2D eigenvalue weighted by Gasteiger charge is -2.25. The van der Waals surface area contributed by atoms with Crippen molar-refractivity contribution in [2.24, 2.45) is 5.89 Å². The van der Waals surface area contributed by atoms with Gasteiger partial charge in [-0.2, -0.15) is 0 Å². The highest BCUT2D eigenvalue weighted by Crippen LogP contribution is 2.29. The van der Waals surface area contributed by atoms with Gasteiger partial charge in [0.05, 0.1) is 32.3 Å². The van der Waals surface area contributed by atoms with Crippen molar-refractivity contribution in [2.45, 2.75) is 25.9 Å². The maximum Gasteiger partial charge on any atom is 0.228 e. The van der Waals surface area contributed by atoms with Crippen molar-refractivity contribution < 1.29 is 19.8 Å². The molecule has 4 nitrogen and oxygen atoms in total.